The van der Waals surface area contributed by atoms with E-state index in [9.17, 15) is 5.11 Å². The van der Waals surface area contributed by atoms with Crippen LogP contribution < -0.4 is 0 Å². The minimum absolute atomic E-state index is 0.00497. The topological polar surface area (TPSA) is 52.8 Å². The van der Waals surface area contributed by atoms with Crippen LogP contribution in [0.1, 0.15) is 25.3 Å². The van der Waals surface area contributed by atoms with Gasteiger partial charge in [0.15, 0.2) is 0 Å². The fraction of sp³-hybridized carbons (Fsp3) is 0.417. The van der Waals surface area contributed by atoms with Crippen LogP contribution in [0.5, 0.6) is 0 Å². The van der Waals surface area contributed by atoms with E-state index < -0.39 is 6.10 Å². The van der Waals surface area contributed by atoms with Gasteiger partial charge in [-0.2, -0.15) is 0 Å². The molecule has 0 radical (unpaired) electrons. The normalized spacial score (nSPS) is 15.8. The molecule has 0 aliphatic rings. The summed E-state index contributed by atoms with van der Waals surface area (Å²) in [6.45, 7) is 1.87. The summed E-state index contributed by atoms with van der Waals surface area (Å²) < 4.78 is 0. The number of nitrogens with zero attached hydrogens (tertiary/aromatic N) is 1. The maximum atomic E-state index is 9.86. The van der Waals surface area contributed by atoms with Crippen LogP contribution in [0.2, 0.25) is 0 Å². The van der Waals surface area contributed by atoms with Crippen molar-refractivity contribution in [3.05, 3.63) is 35.9 Å². The molecule has 0 spiro atoms. The molecule has 1 aromatic rings. The first-order chi connectivity index (χ1) is 7.65. The Kier molecular flexibility index (Phi) is 5.29. The van der Waals surface area contributed by atoms with Crippen molar-refractivity contribution in [2.75, 3.05) is 0 Å². The Morgan fingerprint density at radius 2 is 1.94 bits per heavy atom. The van der Waals surface area contributed by atoms with Gasteiger partial charge in [-0.3, -0.25) is 0 Å². The molecule has 2 N–H and O–H groups in total. The molecular formula is C12H16ClNO2. The molecular weight excluding hydrogens is 226 g/mol. The molecule has 2 unspecified atom stereocenters. The Morgan fingerprint density at radius 3 is 2.44 bits per heavy atom. The van der Waals surface area contributed by atoms with Crippen molar-refractivity contribution < 1.29 is 10.3 Å². The fourth-order valence-electron chi connectivity index (χ4n) is 1.45. The zero-order valence-electron chi connectivity index (χ0n) is 9.18. The summed E-state index contributed by atoms with van der Waals surface area (Å²) in [7, 11) is 0. The minimum Gasteiger partial charge on any atom is -0.411 e. The van der Waals surface area contributed by atoms with Crippen LogP contribution in [-0.2, 0) is 0 Å². The smallest absolute Gasteiger partial charge is 0.115 e. The van der Waals surface area contributed by atoms with Gasteiger partial charge in [-0.25, -0.2) is 0 Å². The van der Waals surface area contributed by atoms with Crippen molar-refractivity contribution >= 4 is 17.3 Å². The van der Waals surface area contributed by atoms with Gasteiger partial charge in [0.2, 0.25) is 0 Å². The van der Waals surface area contributed by atoms with Gasteiger partial charge in [0.25, 0.3) is 0 Å². The number of hydrogen-bond acceptors (Lipinski definition) is 3. The molecule has 0 saturated heterocycles. The van der Waals surface area contributed by atoms with Gasteiger partial charge in [-0.05, 0) is 19.8 Å². The van der Waals surface area contributed by atoms with Crippen molar-refractivity contribution in [3.63, 3.8) is 0 Å². The lowest BCUT2D eigenvalue weighted by Crippen LogP contribution is -2.22. The minimum atomic E-state index is -0.784. The highest BCUT2D eigenvalue weighted by atomic mass is 35.5. The molecule has 0 saturated carbocycles. The van der Waals surface area contributed by atoms with Gasteiger partial charge in [-0.1, -0.05) is 35.5 Å². The molecule has 0 aliphatic heterocycles. The molecule has 16 heavy (non-hydrogen) atoms. The number of hydrogen-bond donors (Lipinski definition) is 2. The molecule has 0 fully saturated rings. The second kappa shape index (κ2) is 6.51. The van der Waals surface area contributed by atoms with E-state index in [4.69, 9.17) is 16.8 Å². The van der Waals surface area contributed by atoms with Crippen LogP contribution in [0, 0.1) is 0 Å². The Morgan fingerprint density at radius 1 is 1.31 bits per heavy atom. The maximum absolute atomic E-state index is 9.86. The highest BCUT2D eigenvalue weighted by molar-refractivity contribution is 6.20. The second-order valence-electron chi connectivity index (χ2n) is 3.73. The van der Waals surface area contributed by atoms with Crippen molar-refractivity contribution in [2.24, 2.45) is 5.16 Å². The van der Waals surface area contributed by atoms with E-state index in [0.29, 0.717) is 12.8 Å². The predicted octanol–water partition coefficient (Wildman–Crippen LogP) is 2.63. The third-order valence-corrected chi connectivity index (χ3v) is 2.55. The largest absolute Gasteiger partial charge is 0.411 e. The highest BCUT2D eigenvalue weighted by Gasteiger charge is 2.16. The second-order valence-corrected chi connectivity index (χ2v) is 4.47. The zero-order valence-corrected chi connectivity index (χ0v) is 9.93. The first-order valence-electron chi connectivity index (χ1n) is 5.24. The molecule has 0 amide bonds. The Hall–Kier alpha value is -1.06. The standard InChI is InChI=1S/C12H16ClNO2/c1-9(13)7-8-11(15)12(14-16)10-5-3-2-4-6-10/h2-6,9,11,15-16H,7-8H2,1H3. The van der Waals surface area contributed by atoms with Gasteiger partial charge in [0, 0.05) is 10.9 Å². The van der Waals surface area contributed by atoms with Crippen LogP contribution in [0.4, 0.5) is 0 Å². The zero-order chi connectivity index (χ0) is 12.0. The Labute approximate surface area is 100 Å². The highest BCUT2D eigenvalue weighted by Crippen LogP contribution is 2.12. The van der Waals surface area contributed by atoms with E-state index >= 15 is 0 Å². The van der Waals surface area contributed by atoms with E-state index in [-0.39, 0.29) is 11.1 Å². The third-order valence-electron chi connectivity index (χ3n) is 2.33. The first kappa shape index (κ1) is 13.0. The quantitative estimate of drug-likeness (QED) is 0.360. The van der Waals surface area contributed by atoms with Gasteiger partial charge < -0.3 is 10.3 Å². The SMILES string of the molecule is CC(Cl)CCC(O)C(=NO)c1ccccc1. The molecule has 0 aromatic heterocycles. The predicted molar refractivity (Wildman–Crippen MR) is 65.3 cm³/mol. The summed E-state index contributed by atoms with van der Waals surface area (Å²) in [6.07, 6.45) is 0.377. The summed E-state index contributed by atoms with van der Waals surface area (Å²) in [5, 5.41) is 21.9. The lowest BCUT2D eigenvalue weighted by molar-refractivity contribution is 0.218. The lowest BCUT2D eigenvalue weighted by Gasteiger charge is -2.13. The number of benzene rings is 1. The molecule has 1 aromatic carbocycles. The molecule has 0 bridgehead atoms. The molecule has 88 valence electrons. The summed E-state index contributed by atoms with van der Waals surface area (Å²) in [5.41, 5.74) is 1.01. The van der Waals surface area contributed by atoms with Gasteiger partial charge in [0.1, 0.15) is 5.71 Å². The van der Waals surface area contributed by atoms with Gasteiger partial charge in [0.05, 0.1) is 6.10 Å². The van der Waals surface area contributed by atoms with Crippen LogP contribution in [0.25, 0.3) is 0 Å². The first-order valence-corrected chi connectivity index (χ1v) is 5.68. The number of aliphatic hydroxyl groups is 1. The molecule has 4 heteroatoms. The molecule has 2 atom stereocenters. The van der Waals surface area contributed by atoms with Crippen LogP contribution >= 0.6 is 11.6 Å². The van der Waals surface area contributed by atoms with E-state index in [2.05, 4.69) is 5.16 Å². The average molecular weight is 242 g/mol. The summed E-state index contributed by atoms with van der Waals surface area (Å²) >= 11 is 5.80. The van der Waals surface area contributed by atoms with Crippen LogP contribution in [-0.4, -0.2) is 27.5 Å². The van der Waals surface area contributed by atoms with E-state index in [1.807, 2.05) is 25.1 Å². The number of alkyl halides is 1. The summed E-state index contributed by atoms with van der Waals surface area (Å²) in [4.78, 5) is 0. The number of rotatable bonds is 5. The number of aliphatic hydroxyl groups excluding tert-OH is 1. The van der Waals surface area contributed by atoms with Crippen molar-refractivity contribution in [1.82, 2.24) is 0 Å². The third kappa shape index (κ3) is 3.83. The van der Waals surface area contributed by atoms with Crippen LogP contribution in [0.15, 0.2) is 35.5 Å². The van der Waals surface area contributed by atoms with Crippen molar-refractivity contribution in [3.8, 4) is 0 Å². The maximum Gasteiger partial charge on any atom is 0.115 e. The summed E-state index contributed by atoms with van der Waals surface area (Å²) in [6, 6.07) is 9.12. The van der Waals surface area contributed by atoms with Crippen LogP contribution in [0.3, 0.4) is 0 Å². The Balaban J connectivity index is 2.69. The van der Waals surface area contributed by atoms with Gasteiger partial charge >= 0.3 is 0 Å². The van der Waals surface area contributed by atoms with Crippen molar-refractivity contribution in [2.45, 2.75) is 31.2 Å². The molecule has 0 aliphatic carbocycles. The van der Waals surface area contributed by atoms with E-state index in [0.717, 1.165) is 5.56 Å². The number of oxime groups is 1. The molecule has 1 rings (SSSR count). The Bertz CT molecular complexity index is 338. The van der Waals surface area contributed by atoms with E-state index in [1.165, 1.54) is 0 Å². The van der Waals surface area contributed by atoms with Crippen molar-refractivity contribution in [1.29, 1.82) is 0 Å². The van der Waals surface area contributed by atoms with Gasteiger partial charge in [-0.15, -0.1) is 11.6 Å². The number of halogens is 1. The summed E-state index contributed by atoms with van der Waals surface area (Å²) in [5.74, 6) is 0. The lowest BCUT2D eigenvalue weighted by atomic mass is 10.0. The average Bonchev–Trinajstić information content (AvgIpc) is 2.29. The molecule has 3 nitrogen and oxygen atoms in total. The van der Waals surface area contributed by atoms with E-state index in [1.54, 1.807) is 12.1 Å². The monoisotopic (exact) mass is 241 g/mol. The fourth-order valence-corrected chi connectivity index (χ4v) is 1.58. The molecule has 0 heterocycles.